The van der Waals surface area contributed by atoms with Crippen LogP contribution in [0.3, 0.4) is 0 Å². The van der Waals surface area contributed by atoms with Gasteiger partial charge in [-0.3, -0.25) is 4.90 Å². The van der Waals surface area contributed by atoms with Crippen LogP contribution in [0, 0.1) is 0 Å². The molecular weight excluding hydrogens is 176 g/mol. The van der Waals surface area contributed by atoms with Crippen LogP contribution in [0.25, 0.3) is 0 Å². The highest BCUT2D eigenvalue weighted by Gasteiger charge is 2.34. The van der Waals surface area contributed by atoms with Gasteiger partial charge in [-0.05, 0) is 20.3 Å². The molecule has 2 heterocycles. The quantitative estimate of drug-likeness (QED) is 0.735. The van der Waals surface area contributed by atoms with E-state index in [4.69, 9.17) is 5.73 Å². The van der Waals surface area contributed by atoms with Crippen LogP contribution in [0.5, 0.6) is 0 Å². The van der Waals surface area contributed by atoms with Gasteiger partial charge in [-0.1, -0.05) is 0 Å². The molecule has 78 valence electrons. The molecule has 0 bridgehead atoms. The molecule has 2 rings (SSSR count). The molecule has 4 heteroatoms. The van der Waals surface area contributed by atoms with Gasteiger partial charge in [0.05, 0.1) is 18.1 Å². The molecule has 0 aliphatic carbocycles. The lowest BCUT2D eigenvalue weighted by molar-refractivity contribution is 0.195. The number of hydrogen-bond acceptors (Lipinski definition) is 3. The van der Waals surface area contributed by atoms with Crippen molar-refractivity contribution in [3.05, 3.63) is 18.2 Å². The van der Waals surface area contributed by atoms with Crippen LogP contribution >= 0.6 is 0 Å². The fraction of sp³-hybridized carbons (Fsp3) is 0.700. The van der Waals surface area contributed by atoms with Gasteiger partial charge < -0.3 is 10.7 Å². The molecule has 1 aromatic rings. The van der Waals surface area contributed by atoms with E-state index in [0.717, 1.165) is 18.7 Å². The summed E-state index contributed by atoms with van der Waals surface area (Å²) >= 11 is 0. The molecule has 1 aliphatic heterocycles. The highest BCUT2D eigenvalue weighted by Crippen LogP contribution is 2.31. The average Bonchev–Trinajstić information content (AvgIpc) is 2.71. The summed E-state index contributed by atoms with van der Waals surface area (Å²) in [7, 11) is 0. The largest absolute Gasteiger partial charge is 0.347 e. The van der Waals surface area contributed by atoms with E-state index in [1.165, 1.54) is 0 Å². The first-order chi connectivity index (χ1) is 6.70. The van der Waals surface area contributed by atoms with E-state index >= 15 is 0 Å². The van der Waals surface area contributed by atoms with E-state index in [0.29, 0.717) is 12.1 Å². The van der Waals surface area contributed by atoms with Crippen molar-refractivity contribution >= 4 is 0 Å². The Bertz CT molecular complexity index is 280. The fourth-order valence-corrected chi connectivity index (χ4v) is 2.26. The van der Waals surface area contributed by atoms with Gasteiger partial charge in [0.1, 0.15) is 0 Å². The van der Waals surface area contributed by atoms with E-state index < -0.39 is 0 Å². The van der Waals surface area contributed by atoms with Crippen molar-refractivity contribution in [3.8, 4) is 0 Å². The maximum Gasteiger partial charge on any atom is 0.0922 e. The maximum absolute atomic E-state index is 6.11. The molecular formula is C10H18N4. The second-order valence-corrected chi connectivity index (χ2v) is 4.24. The van der Waals surface area contributed by atoms with Crippen molar-refractivity contribution in [1.82, 2.24) is 14.9 Å². The second kappa shape index (κ2) is 3.71. The van der Waals surface area contributed by atoms with Crippen LogP contribution in [0.15, 0.2) is 12.5 Å². The summed E-state index contributed by atoms with van der Waals surface area (Å²) in [6.07, 6.45) is 4.67. The Morgan fingerprint density at radius 2 is 2.43 bits per heavy atom. The zero-order valence-corrected chi connectivity index (χ0v) is 8.77. The van der Waals surface area contributed by atoms with E-state index in [2.05, 4.69) is 28.7 Å². The summed E-state index contributed by atoms with van der Waals surface area (Å²) in [5, 5.41) is 0. The number of hydrogen-bond donors (Lipinski definition) is 2. The van der Waals surface area contributed by atoms with Gasteiger partial charge in [0, 0.05) is 24.8 Å². The lowest BCUT2D eigenvalue weighted by Gasteiger charge is -2.29. The summed E-state index contributed by atoms with van der Waals surface area (Å²) in [6, 6.07) is 1.09. The predicted octanol–water partition coefficient (Wildman–Crippen LogP) is 0.892. The SMILES string of the molecule is CC(C)N1CC[C@H](N)[C@H]1c1cnc[nH]1. The summed E-state index contributed by atoms with van der Waals surface area (Å²) in [6.45, 7) is 5.51. The van der Waals surface area contributed by atoms with Crippen molar-refractivity contribution in [1.29, 1.82) is 0 Å². The number of nitrogens with one attached hydrogen (secondary N) is 1. The number of rotatable bonds is 2. The topological polar surface area (TPSA) is 57.9 Å². The maximum atomic E-state index is 6.11. The minimum atomic E-state index is 0.234. The summed E-state index contributed by atoms with van der Waals surface area (Å²) in [4.78, 5) is 9.65. The molecule has 1 saturated heterocycles. The summed E-state index contributed by atoms with van der Waals surface area (Å²) in [5.41, 5.74) is 7.25. The zero-order chi connectivity index (χ0) is 10.1. The van der Waals surface area contributed by atoms with Crippen molar-refractivity contribution < 1.29 is 0 Å². The Hall–Kier alpha value is -0.870. The van der Waals surface area contributed by atoms with Gasteiger partial charge in [-0.15, -0.1) is 0 Å². The number of nitrogens with zero attached hydrogens (tertiary/aromatic N) is 2. The van der Waals surface area contributed by atoms with Crippen molar-refractivity contribution in [3.63, 3.8) is 0 Å². The molecule has 4 nitrogen and oxygen atoms in total. The van der Waals surface area contributed by atoms with E-state index in [9.17, 15) is 0 Å². The van der Waals surface area contributed by atoms with Crippen LogP contribution in [0.1, 0.15) is 32.0 Å². The number of likely N-dealkylation sites (tertiary alicyclic amines) is 1. The Kier molecular flexibility index (Phi) is 2.56. The molecule has 1 aliphatic rings. The third-order valence-electron chi connectivity index (χ3n) is 2.98. The minimum absolute atomic E-state index is 0.234. The standard InChI is InChI=1S/C10H18N4/c1-7(2)14-4-3-8(11)10(14)9-5-12-6-13-9/h5-8,10H,3-4,11H2,1-2H3,(H,12,13)/t8-,10-/m0/s1. The molecule has 1 aromatic heterocycles. The number of nitrogens with two attached hydrogens (primary N) is 1. The minimum Gasteiger partial charge on any atom is -0.347 e. The van der Waals surface area contributed by atoms with Crippen molar-refractivity contribution in [2.75, 3.05) is 6.54 Å². The third-order valence-corrected chi connectivity index (χ3v) is 2.98. The molecule has 2 atom stereocenters. The molecule has 14 heavy (non-hydrogen) atoms. The highest BCUT2D eigenvalue weighted by molar-refractivity contribution is 5.10. The van der Waals surface area contributed by atoms with Gasteiger partial charge >= 0.3 is 0 Å². The average molecular weight is 194 g/mol. The summed E-state index contributed by atoms with van der Waals surface area (Å²) < 4.78 is 0. The van der Waals surface area contributed by atoms with E-state index in [-0.39, 0.29) is 6.04 Å². The van der Waals surface area contributed by atoms with Gasteiger partial charge in [0.15, 0.2) is 0 Å². The first-order valence-corrected chi connectivity index (χ1v) is 5.19. The Labute approximate surface area is 84.5 Å². The first kappa shape index (κ1) is 9.68. The Balaban J connectivity index is 2.22. The third kappa shape index (κ3) is 1.55. The molecule has 0 saturated carbocycles. The Morgan fingerprint density at radius 1 is 1.64 bits per heavy atom. The highest BCUT2D eigenvalue weighted by atomic mass is 15.2. The smallest absolute Gasteiger partial charge is 0.0922 e. The normalized spacial score (nSPS) is 28.9. The monoisotopic (exact) mass is 194 g/mol. The van der Waals surface area contributed by atoms with Crippen LogP contribution in [-0.2, 0) is 0 Å². The molecule has 0 unspecified atom stereocenters. The van der Waals surface area contributed by atoms with Crippen molar-refractivity contribution in [2.24, 2.45) is 5.73 Å². The van der Waals surface area contributed by atoms with Crippen LogP contribution in [0.2, 0.25) is 0 Å². The Morgan fingerprint density at radius 3 is 3.00 bits per heavy atom. The second-order valence-electron chi connectivity index (χ2n) is 4.24. The van der Waals surface area contributed by atoms with E-state index in [1.807, 2.05) is 6.20 Å². The molecule has 3 N–H and O–H groups in total. The molecule has 1 fully saturated rings. The van der Waals surface area contributed by atoms with Crippen LogP contribution < -0.4 is 5.73 Å². The van der Waals surface area contributed by atoms with Gasteiger partial charge in [0.2, 0.25) is 0 Å². The number of aromatic amines is 1. The molecule has 0 aromatic carbocycles. The molecule has 0 spiro atoms. The lowest BCUT2D eigenvalue weighted by Crippen LogP contribution is -2.36. The van der Waals surface area contributed by atoms with Crippen molar-refractivity contribution in [2.45, 2.75) is 38.4 Å². The van der Waals surface area contributed by atoms with Crippen LogP contribution in [0.4, 0.5) is 0 Å². The summed E-state index contributed by atoms with van der Waals surface area (Å²) in [5.74, 6) is 0. The lowest BCUT2D eigenvalue weighted by atomic mass is 10.1. The predicted molar refractivity (Wildman–Crippen MR) is 55.8 cm³/mol. The van der Waals surface area contributed by atoms with Crippen LogP contribution in [-0.4, -0.2) is 33.5 Å². The van der Waals surface area contributed by atoms with Gasteiger partial charge in [-0.25, -0.2) is 4.98 Å². The van der Waals surface area contributed by atoms with Gasteiger partial charge in [-0.2, -0.15) is 0 Å². The zero-order valence-electron chi connectivity index (χ0n) is 8.77. The number of imidazole rings is 1. The molecule has 0 amide bonds. The number of aromatic nitrogens is 2. The first-order valence-electron chi connectivity index (χ1n) is 5.19. The number of H-pyrrole nitrogens is 1. The van der Waals surface area contributed by atoms with E-state index in [1.54, 1.807) is 6.33 Å². The molecule has 0 radical (unpaired) electrons. The van der Waals surface area contributed by atoms with Gasteiger partial charge in [0.25, 0.3) is 0 Å². The fourth-order valence-electron chi connectivity index (χ4n) is 2.26.